The summed E-state index contributed by atoms with van der Waals surface area (Å²) in [6.45, 7) is 8.66. The highest BCUT2D eigenvalue weighted by Gasteiger charge is 2.40. The van der Waals surface area contributed by atoms with Crippen molar-refractivity contribution in [2.45, 2.75) is 57.8 Å². The van der Waals surface area contributed by atoms with Crippen LogP contribution in [0, 0.1) is 5.92 Å². The number of allylic oxidation sites excluding steroid dienone is 1. The molecular weight excluding hydrogens is 244 g/mol. The van der Waals surface area contributed by atoms with Crippen molar-refractivity contribution in [3.63, 3.8) is 0 Å². The summed E-state index contributed by atoms with van der Waals surface area (Å²) in [5.74, 6) is -0.572. The molecule has 4 heteroatoms. The second-order valence-corrected chi connectivity index (χ2v) is 5.83. The molecule has 0 radical (unpaired) electrons. The first-order valence-corrected chi connectivity index (χ1v) is 6.60. The van der Waals surface area contributed by atoms with Crippen molar-refractivity contribution in [3.05, 3.63) is 23.8 Å². The topological polar surface area (TPSA) is 77.8 Å². The van der Waals surface area contributed by atoms with Gasteiger partial charge in [-0.3, -0.25) is 4.79 Å². The maximum absolute atomic E-state index is 11.7. The number of ketones is 1. The van der Waals surface area contributed by atoms with Crippen LogP contribution in [0.3, 0.4) is 0 Å². The third-order valence-corrected chi connectivity index (χ3v) is 3.97. The molecule has 0 aromatic carbocycles. The first-order chi connectivity index (χ1) is 8.65. The van der Waals surface area contributed by atoms with Gasteiger partial charge in [0.25, 0.3) is 0 Å². The maximum Gasteiger partial charge on any atom is 0.158 e. The molecule has 0 spiro atoms. The van der Waals surface area contributed by atoms with Crippen LogP contribution in [0.1, 0.15) is 40.0 Å². The number of Topliss-reactive ketones (excluding diaryl/α,β-unsaturated/α-hetero) is 1. The van der Waals surface area contributed by atoms with Crippen molar-refractivity contribution in [3.8, 4) is 0 Å². The molecule has 0 fully saturated rings. The Kier molecular flexibility index (Phi) is 5.07. The van der Waals surface area contributed by atoms with Crippen LogP contribution in [0.4, 0.5) is 0 Å². The fourth-order valence-corrected chi connectivity index (χ4v) is 2.40. The van der Waals surface area contributed by atoms with Gasteiger partial charge in [-0.25, -0.2) is 0 Å². The summed E-state index contributed by atoms with van der Waals surface area (Å²) in [6, 6.07) is 0. The molecular formula is C15H24O4. The average Bonchev–Trinajstić information content (AvgIpc) is 2.30. The molecule has 3 N–H and O–H groups in total. The fourth-order valence-electron chi connectivity index (χ4n) is 2.40. The van der Waals surface area contributed by atoms with Gasteiger partial charge in [-0.05, 0) is 45.3 Å². The number of aliphatic hydroxyl groups is 3. The number of rotatable bonds is 5. The molecule has 4 atom stereocenters. The normalized spacial score (nSPS) is 28.5. The second kappa shape index (κ2) is 5.99. The zero-order chi connectivity index (χ0) is 14.8. The van der Waals surface area contributed by atoms with Gasteiger partial charge >= 0.3 is 0 Å². The van der Waals surface area contributed by atoms with E-state index in [0.29, 0.717) is 24.0 Å². The summed E-state index contributed by atoms with van der Waals surface area (Å²) < 4.78 is 0. The van der Waals surface area contributed by atoms with Crippen LogP contribution in [-0.2, 0) is 4.79 Å². The molecule has 4 nitrogen and oxygen atoms in total. The molecule has 1 aliphatic carbocycles. The van der Waals surface area contributed by atoms with E-state index in [-0.39, 0.29) is 12.2 Å². The number of hydrogen-bond donors (Lipinski definition) is 3. The zero-order valence-corrected chi connectivity index (χ0v) is 11.9. The molecule has 108 valence electrons. The molecule has 0 aromatic heterocycles. The van der Waals surface area contributed by atoms with Crippen molar-refractivity contribution >= 4 is 5.78 Å². The molecule has 0 amide bonds. The molecule has 0 aliphatic heterocycles. The van der Waals surface area contributed by atoms with Gasteiger partial charge in [0, 0.05) is 12.3 Å². The Morgan fingerprint density at radius 3 is 2.74 bits per heavy atom. The van der Waals surface area contributed by atoms with E-state index in [4.69, 9.17) is 0 Å². The molecule has 0 saturated heterocycles. The standard InChI is InChI=1S/C15H24O4/c1-9(2)12(16)5-6-15(4,19)11-8-13(17)10(3)7-14(11)18/h7,11-12,14,16,18-19H,1,5-6,8H2,2-4H3/t11-,12-,14+,15+/m0/s1. The van der Waals surface area contributed by atoms with Crippen molar-refractivity contribution < 1.29 is 20.1 Å². The Balaban J connectivity index is 2.72. The first kappa shape index (κ1) is 16.1. The molecule has 0 bridgehead atoms. The van der Waals surface area contributed by atoms with E-state index < -0.39 is 23.7 Å². The summed E-state index contributed by atoms with van der Waals surface area (Å²) in [4.78, 5) is 11.7. The number of carbonyl (C=O) groups is 1. The lowest BCUT2D eigenvalue weighted by Gasteiger charge is -2.37. The van der Waals surface area contributed by atoms with Crippen molar-refractivity contribution in [1.82, 2.24) is 0 Å². The van der Waals surface area contributed by atoms with Crippen LogP contribution in [-0.4, -0.2) is 38.9 Å². The predicted molar refractivity (Wildman–Crippen MR) is 73.6 cm³/mol. The van der Waals surface area contributed by atoms with Gasteiger partial charge < -0.3 is 15.3 Å². The Hall–Kier alpha value is -0.970. The van der Waals surface area contributed by atoms with Crippen LogP contribution in [0.25, 0.3) is 0 Å². The first-order valence-electron chi connectivity index (χ1n) is 6.60. The highest BCUT2D eigenvalue weighted by Crippen LogP contribution is 2.34. The number of carbonyl (C=O) groups excluding carboxylic acids is 1. The Labute approximate surface area is 114 Å². The zero-order valence-electron chi connectivity index (χ0n) is 11.9. The predicted octanol–water partition coefficient (Wildman–Crippen LogP) is 1.35. The molecule has 0 aromatic rings. The van der Waals surface area contributed by atoms with Gasteiger partial charge in [-0.2, -0.15) is 0 Å². The van der Waals surface area contributed by atoms with E-state index in [2.05, 4.69) is 6.58 Å². The summed E-state index contributed by atoms with van der Waals surface area (Å²) in [6.07, 6.45) is 0.820. The van der Waals surface area contributed by atoms with Gasteiger partial charge in [0.2, 0.25) is 0 Å². The summed E-state index contributed by atoms with van der Waals surface area (Å²) >= 11 is 0. The summed E-state index contributed by atoms with van der Waals surface area (Å²) in [5, 5.41) is 30.2. The monoisotopic (exact) mass is 268 g/mol. The van der Waals surface area contributed by atoms with E-state index in [1.54, 1.807) is 20.8 Å². The highest BCUT2D eigenvalue weighted by atomic mass is 16.3. The Bertz CT molecular complexity index is 395. The van der Waals surface area contributed by atoms with E-state index in [1.165, 1.54) is 6.08 Å². The minimum absolute atomic E-state index is 0.0453. The quantitative estimate of drug-likeness (QED) is 0.658. The summed E-state index contributed by atoms with van der Waals surface area (Å²) in [5.41, 5.74) is -0.00349. The van der Waals surface area contributed by atoms with Crippen LogP contribution in [0.2, 0.25) is 0 Å². The van der Waals surface area contributed by atoms with Gasteiger partial charge in [-0.15, -0.1) is 0 Å². The minimum Gasteiger partial charge on any atom is -0.390 e. The van der Waals surface area contributed by atoms with Gasteiger partial charge in [0.1, 0.15) is 0 Å². The lowest BCUT2D eigenvalue weighted by Crippen LogP contribution is -2.45. The van der Waals surface area contributed by atoms with E-state index in [0.717, 1.165) is 0 Å². The van der Waals surface area contributed by atoms with E-state index in [9.17, 15) is 20.1 Å². The van der Waals surface area contributed by atoms with E-state index in [1.807, 2.05) is 0 Å². The SMILES string of the molecule is C=C(C)[C@@H](O)CC[C@@](C)(O)[C@H]1CC(=O)C(C)=C[C@H]1O. The molecule has 1 rings (SSSR count). The molecule has 19 heavy (non-hydrogen) atoms. The van der Waals surface area contributed by atoms with Crippen molar-refractivity contribution in [1.29, 1.82) is 0 Å². The highest BCUT2D eigenvalue weighted by molar-refractivity contribution is 5.96. The van der Waals surface area contributed by atoms with E-state index >= 15 is 0 Å². The summed E-state index contributed by atoms with van der Waals surface area (Å²) in [7, 11) is 0. The van der Waals surface area contributed by atoms with Crippen molar-refractivity contribution in [2.75, 3.05) is 0 Å². The Morgan fingerprint density at radius 1 is 1.63 bits per heavy atom. The molecule has 0 heterocycles. The van der Waals surface area contributed by atoms with Crippen LogP contribution in [0.15, 0.2) is 23.8 Å². The van der Waals surface area contributed by atoms with Gasteiger partial charge in [-0.1, -0.05) is 12.2 Å². The molecule has 0 saturated carbocycles. The molecule has 1 aliphatic rings. The smallest absolute Gasteiger partial charge is 0.158 e. The maximum atomic E-state index is 11.7. The second-order valence-electron chi connectivity index (χ2n) is 5.83. The minimum atomic E-state index is -1.19. The third kappa shape index (κ3) is 4.00. The Morgan fingerprint density at radius 2 is 2.21 bits per heavy atom. The number of hydrogen-bond acceptors (Lipinski definition) is 4. The van der Waals surface area contributed by atoms with Crippen LogP contribution < -0.4 is 0 Å². The number of aliphatic hydroxyl groups excluding tert-OH is 2. The molecule has 0 unspecified atom stereocenters. The average molecular weight is 268 g/mol. The lowest BCUT2D eigenvalue weighted by molar-refractivity contribution is -0.124. The van der Waals surface area contributed by atoms with Gasteiger partial charge in [0.05, 0.1) is 17.8 Å². The third-order valence-electron chi connectivity index (χ3n) is 3.97. The van der Waals surface area contributed by atoms with Crippen LogP contribution in [0.5, 0.6) is 0 Å². The van der Waals surface area contributed by atoms with Crippen molar-refractivity contribution in [2.24, 2.45) is 5.92 Å². The van der Waals surface area contributed by atoms with Crippen LogP contribution >= 0.6 is 0 Å². The van der Waals surface area contributed by atoms with Gasteiger partial charge in [0.15, 0.2) is 5.78 Å². The largest absolute Gasteiger partial charge is 0.390 e. The lowest BCUT2D eigenvalue weighted by atomic mass is 9.74. The fraction of sp³-hybridized carbons (Fsp3) is 0.667.